The van der Waals surface area contributed by atoms with Crippen molar-refractivity contribution in [1.29, 1.82) is 10.8 Å². The molecule has 0 atom stereocenters. The maximum Gasteiger partial charge on any atom is 0.256 e. The van der Waals surface area contributed by atoms with Crippen molar-refractivity contribution in [3.63, 3.8) is 0 Å². The van der Waals surface area contributed by atoms with Crippen molar-refractivity contribution in [2.24, 2.45) is 0 Å². The number of aromatic nitrogens is 1. The van der Waals surface area contributed by atoms with Gasteiger partial charge in [0.25, 0.3) is 5.91 Å². The standard InChI is InChI=1S/C24H32N6O2/c1-17(2)30(16-25)23(26)21-6-4-7-22(27-21)28-24(31)19-9-8-18-10-12-29(11-5-13-32-3)15-20(18)14-19/h4,6-9,14,16-17,25-26H,5,10-13,15H2,1-3H3,(H,27,28,31). The number of amidine groups is 1. The summed E-state index contributed by atoms with van der Waals surface area (Å²) in [5.74, 6) is 0.270. The van der Waals surface area contributed by atoms with Gasteiger partial charge in [-0.05, 0) is 62.1 Å². The molecule has 8 nitrogen and oxygen atoms in total. The smallest absolute Gasteiger partial charge is 0.256 e. The van der Waals surface area contributed by atoms with Crippen LogP contribution < -0.4 is 5.32 Å². The van der Waals surface area contributed by atoms with E-state index in [0.29, 0.717) is 17.1 Å². The van der Waals surface area contributed by atoms with Crippen molar-refractivity contribution < 1.29 is 9.53 Å². The molecule has 1 aliphatic heterocycles. The maximum atomic E-state index is 12.9. The normalized spacial score (nSPS) is 13.5. The minimum atomic E-state index is -0.228. The van der Waals surface area contributed by atoms with Gasteiger partial charge in [0.1, 0.15) is 11.5 Å². The molecule has 0 unspecified atom stereocenters. The Kier molecular flexibility index (Phi) is 8.08. The zero-order chi connectivity index (χ0) is 23.1. The largest absolute Gasteiger partial charge is 0.385 e. The van der Waals surface area contributed by atoms with Gasteiger partial charge in [-0.3, -0.25) is 20.5 Å². The number of anilines is 1. The summed E-state index contributed by atoms with van der Waals surface area (Å²) in [6.07, 6.45) is 3.09. The van der Waals surface area contributed by atoms with Crippen molar-refractivity contribution in [3.8, 4) is 0 Å². The van der Waals surface area contributed by atoms with Gasteiger partial charge in [-0.15, -0.1) is 0 Å². The number of nitrogens with zero attached hydrogens (tertiary/aromatic N) is 3. The van der Waals surface area contributed by atoms with E-state index >= 15 is 0 Å². The Morgan fingerprint density at radius 3 is 2.84 bits per heavy atom. The average Bonchev–Trinajstić information content (AvgIpc) is 2.79. The summed E-state index contributed by atoms with van der Waals surface area (Å²) in [7, 11) is 1.72. The first-order valence-corrected chi connectivity index (χ1v) is 10.9. The van der Waals surface area contributed by atoms with Crippen LogP contribution in [0.2, 0.25) is 0 Å². The quantitative estimate of drug-likeness (QED) is 0.318. The van der Waals surface area contributed by atoms with E-state index < -0.39 is 0 Å². The lowest BCUT2D eigenvalue weighted by Crippen LogP contribution is -2.36. The Bertz CT molecular complexity index is 975. The van der Waals surface area contributed by atoms with Crippen LogP contribution in [0.15, 0.2) is 36.4 Å². The fourth-order valence-electron chi connectivity index (χ4n) is 3.81. The van der Waals surface area contributed by atoms with Crippen LogP contribution in [-0.2, 0) is 17.7 Å². The van der Waals surface area contributed by atoms with E-state index in [4.69, 9.17) is 15.6 Å². The number of nitrogens with one attached hydrogen (secondary N) is 3. The molecule has 0 saturated carbocycles. The summed E-state index contributed by atoms with van der Waals surface area (Å²) in [6, 6.07) is 11.0. The number of hydrogen-bond acceptors (Lipinski definition) is 6. The molecule has 170 valence electrons. The third kappa shape index (κ3) is 5.77. The maximum absolute atomic E-state index is 12.9. The molecule has 1 amide bonds. The first kappa shape index (κ1) is 23.6. The van der Waals surface area contributed by atoms with Gasteiger partial charge in [0.2, 0.25) is 0 Å². The van der Waals surface area contributed by atoms with Crippen LogP contribution >= 0.6 is 0 Å². The summed E-state index contributed by atoms with van der Waals surface area (Å²) in [4.78, 5) is 21.2. The van der Waals surface area contributed by atoms with E-state index in [9.17, 15) is 4.79 Å². The predicted octanol–water partition coefficient (Wildman–Crippen LogP) is 3.37. The van der Waals surface area contributed by atoms with Crippen molar-refractivity contribution in [2.75, 3.05) is 32.1 Å². The lowest BCUT2D eigenvalue weighted by Gasteiger charge is -2.29. The van der Waals surface area contributed by atoms with E-state index in [-0.39, 0.29) is 17.8 Å². The van der Waals surface area contributed by atoms with E-state index in [1.54, 1.807) is 25.3 Å². The zero-order valence-electron chi connectivity index (χ0n) is 19.0. The van der Waals surface area contributed by atoms with E-state index in [0.717, 1.165) is 45.4 Å². The number of hydrogen-bond donors (Lipinski definition) is 3. The molecule has 3 rings (SSSR count). The summed E-state index contributed by atoms with van der Waals surface area (Å²) >= 11 is 0. The number of methoxy groups -OCH3 is 1. The Hall–Kier alpha value is -3.10. The monoisotopic (exact) mass is 436 g/mol. The van der Waals surface area contributed by atoms with Gasteiger partial charge in [0, 0.05) is 45.0 Å². The van der Waals surface area contributed by atoms with Crippen LogP contribution in [-0.4, -0.2) is 65.7 Å². The highest BCUT2D eigenvalue weighted by Gasteiger charge is 2.19. The van der Waals surface area contributed by atoms with Gasteiger partial charge in [-0.1, -0.05) is 12.1 Å². The van der Waals surface area contributed by atoms with Crippen molar-refractivity contribution >= 4 is 23.9 Å². The summed E-state index contributed by atoms with van der Waals surface area (Å²) in [6.45, 7) is 7.40. The molecule has 0 aliphatic carbocycles. The van der Waals surface area contributed by atoms with Gasteiger partial charge in [0.05, 0.1) is 6.34 Å². The van der Waals surface area contributed by atoms with Gasteiger partial charge in [-0.2, -0.15) is 0 Å². The van der Waals surface area contributed by atoms with Crippen LogP contribution in [0.1, 0.15) is 47.4 Å². The molecule has 0 radical (unpaired) electrons. The summed E-state index contributed by atoms with van der Waals surface area (Å²) in [5.41, 5.74) is 3.46. The number of pyridine rings is 1. The molecular formula is C24H32N6O2. The van der Waals surface area contributed by atoms with Gasteiger partial charge < -0.3 is 15.0 Å². The Morgan fingerprint density at radius 2 is 2.12 bits per heavy atom. The molecule has 2 heterocycles. The second kappa shape index (κ2) is 11.0. The first-order valence-electron chi connectivity index (χ1n) is 10.9. The summed E-state index contributed by atoms with van der Waals surface area (Å²) in [5, 5.41) is 18.7. The summed E-state index contributed by atoms with van der Waals surface area (Å²) < 4.78 is 5.15. The third-order valence-corrected chi connectivity index (χ3v) is 5.57. The van der Waals surface area contributed by atoms with Crippen LogP contribution in [0.4, 0.5) is 5.82 Å². The highest BCUT2D eigenvalue weighted by Crippen LogP contribution is 2.21. The molecule has 0 fully saturated rings. The SMILES string of the molecule is COCCCN1CCc2ccc(C(=O)Nc3cccc(C(=N)N(C=N)C(C)C)n3)cc2C1. The topological polar surface area (TPSA) is 105 Å². The Morgan fingerprint density at radius 1 is 1.31 bits per heavy atom. The number of carbonyl (C=O) groups excluding carboxylic acids is 1. The molecule has 0 spiro atoms. The fraction of sp³-hybridized carbons (Fsp3) is 0.417. The van der Waals surface area contributed by atoms with Crippen LogP contribution in [0.5, 0.6) is 0 Å². The zero-order valence-corrected chi connectivity index (χ0v) is 19.0. The molecule has 32 heavy (non-hydrogen) atoms. The van der Waals surface area contributed by atoms with Crippen LogP contribution in [0.25, 0.3) is 0 Å². The lowest BCUT2D eigenvalue weighted by atomic mass is 9.97. The van der Waals surface area contributed by atoms with Crippen LogP contribution in [0, 0.1) is 10.8 Å². The lowest BCUT2D eigenvalue weighted by molar-refractivity contribution is 0.102. The second-order valence-corrected chi connectivity index (χ2v) is 8.20. The Labute approximate surface area is 189 Å². The number of fused-ring (bicyclic) bond motifs is 1. The molecule has 8 heteroatoms. The number of rotatable bonds is 9. The highest BCUT2D eigenvalue weighted by atomic mass is 16.5. The highest BCUT2D eigenvalue weighted by molar-refractivity contribution is 6.05. The van der Waals surface area contributed by atoms with E-state index in [2.05, 4.69) is 15.2 Å². The molecule has 2 aromatic rings. The molecular weight excluding hydrogens is 404 g/mol. The predicted molar refractivity (Wildman–Crippen MR) is 127 cm³/mol. The van der Waals surface area contributed by atoms with Crippen molar-refractivity contribution in [3.05, 3.63) is 58.8 Å². The number of benzene rings is 1. The number of carbonyl (C=O) groups is 1. The van der Waals surface area contributed by atoms with Crippen LogP contribution in [0.3, 0.4) is 0 Å². The van der Waals surface area contributed by atoms with Gasteiger partial charge in [-0.25, -0.2) is 4.98 Å². The minimum Gasteiger partial charge on any atom is -0.385 e. The number of ether oxygens (including phenoxy) is 1. The third-order valence-electron chi connectivity index (χ3n) is 5.57. The molecule has 0 saturated heterocycles. The second-order valence-electron chi connectivity index (χ2n) is 8.20. The first-order chi connectivity index (χ1) is 15.4. The van der Waals surface area contributed by atoms with E-state index in [1.165, 1.54) is 16.0 Å². The van der Waals surface area contributed by atoms with Gasteiger partial charge >= 0.3 is 0 Å². The van der Waals surface area contributed by atoms with E-state index in [1.807, 2.05) is 32.0 Å². The van der Waals surface area contributed by atoms with Crippen molar-refractivity contribution in [2.45, 2.75) is 39.3 Å². The Balaban J connectivity index is 1.70. The molecule has 1 aromatic carbocycles. The molecule has 3 N–H and O–H groups in total. The average molecular weight is 437 g/mol. The molecule has 0 bridgehead atoms. The van der Waals surface area contributed by atoms with Crippen molar-refractivity contribution in [1.82, 2.24) is 14.8 Å². The number of amides is 1. The fourth-order valence-corrected chi connectivity index (χ4v) is 3.81. The minimum absolute atomic E-state index is 0.0374. The van der Waals surface area contributed by atoms with Gasteiger partial charge in [0.15, 0.2) is 5.84 Å². The molecule has 1 aromatic heterocycles. The molecule has 1 aliphatic rings.